The minimum absolute atomic E-state index is 0.685. The first-order valence-corrected chi connectivity index (χ1v) is 9.31. The van der Waals surface area contributed by atoms with Crippen LogP contribution in [0.4, 0.5) is 0 Å². The van der Waals surface area contributed by atoms with Gasteiger partial charge in [-0.1, -0.05) is 17.7 Å². The predicted molar refractivity (Wildman–Crippen MR) is 78.5 cm³/mol. The lowest BCUT2D eigenvalue weighted by molar-refractivity contribution is 0.548. The fraction of sp³-hybridized carbons (Fsp3) is 0.571. The summed E-state index contributed by atoms with van der Waals surface area (Å²) in [6.07, 6.45) is 10.3. The smallest absolute Gasteiger partial charge is 0.271 e. The molecule has 0 heterocycles. The van der Waals surface area contributed by atoms with Crippen LogP contribution in [0, 0.1) is 0 Å². The Bertz CT molecular complexity index is 338. The lowest BCUT2D eigenvalue weighted by Gasteiger charge is -2.28. The van der Waals surface area contributed by atoms with Gasteiger partial charge >= 0.3 is 0 Å². The molecule has 1 aliphatic carbocycles. The molecule has 3 heteroatoms. The van der Waals surface area contributed by atoms with E-state index in [9.17, 15) is 0 Å². The second-order valence-corrected chi connectivity index (χ2v) is 8.74. The SMILES string of the molecule is CN(C)/C=C1/C=CC/C(=C\N(C)C)[CH]1[Al]([CH3])[CH3]. The van der Waals surface area contributed by atoms with Gasteiger partial charge in [-0.25, -0.2) is 0 Å². The molecule has 94 valence electrons. The van der Waals surface area contributed by atoms with Crippen LogP contribution >= 0.6 is 0 Å². The zero-order chi connectivity index (χ0) is 13.0. The highest BCUT2D eigenvalue weighted by atomic mass is 27.2. The molecule has 1 atom stereocenters. The lowest BCUT2D eigenvalue weighted by atomic mass is 9.96. The molecule has 0 fully saturated rings. The fourth-order valence-electron chi connectivity index (χ4n) is 2.47. The van der Waals surface area contributed by atoms with Crippen LogP contribution in [0.25, 0.3) is 0 Å². The molecule has 0 aromatic rings. The van der Waals surface area contributed by atoms with Crippen molar-refractivity contribution in [2.45, 2.75) is 22.8 Å². The van der Waals surface area contributed by atoms with Gasteiger partial charge in [0.15, 0.2) is 0 Å². The van der Waals surface area contributed by atoms with Crippen LogP contribution in [0.15, 0.2) is 35.7 Å². The van der Waals surface area contributed by atoms with Crippen molar-refractivity contribution in [2.75, 3.05) is 28.2 Å². The summed E-state index contributed by atoms with van der Waals surface area (Å²) in [5, 5.41) is 0. The molecule has 0 aromatic heterocycles. The third-order valence-electron chi connectivity index (χ3n) is 2.92. The first kappa shape index (κ1) is 14.4. The number of rotatable bonds is 3. The summed E-state index contributed by atoms with van der Waals surface area (Å²) in [5.74, 6) is 4.88. The molecule has 2 nitrogen and oxygen atoms in total. The van der Waals surface area contributed by atoms with Crippen LogP contribution in [-0.2, 0) is 0 Å². The van der Waals surface area contributed by atoms with Crippen molar-refractivity contribution in [1.29, 1.82) is 0 Å². The minimum atomic E-state index is -0.727. The minimum Gasteiger partial charge on any atom is -0.384 e. The maximum atomic E-state index is 2.44. The van der Waals surface area contributed by atoms with Crippen LogP contribution in [0.1, 0.15) is 6.42 Å². The highest BCUT2D eigenvalue weighted by Gasteiger charge is 2.27. The number of nitrogens with zero attached hydrogens (tertiary/aromatic N) is 2. The van der Waals surface area contributed by atoms with Crippen LogP contribution in [0.3, 0.4) is 0 Å². The van der Waals surface area contributed by atoms with E-state index in [1.807, 2.05) is 0 Å². The summed E-state index contributed by atoms with van der Waals surface area (Å²) in [4.78, 5) is 4.33. The highest BCUT2D eigenvalue weighted by Crippen LogP contribution is 2.37. The number of hydrogen-bond donors (Lipinski definition) is 0. The third kappa shape index (κ3) is 4.26. The van der Waals surface area contributed by atoms with Gasteiger partial charge in [-0.2, -0.15) is 0 Å². The number of hydrogen-bond acceptors (Lipinski definition) is 2. The first-order chi connectivity index (χ1) is 7.91. The Kier molecular flexibility index (Phi) is 5.37. The second kappa shape index (κ2) is 6.33. The molecule has 0 aromatic carbocycles. The van der Waals surface area contributed by atoms with Crippen molar-refractivity contribution < 1.29 is 0 Å². The summed E-state index contributed by atoms with van der Waals surface area (Å²) in [6, 6.07) is 0. The Morgan fingerprint density at radius 1 is 1.12 bits per heavy atom. The van der Waals surface area contributed by atoms with Gasteiger partial charge in [-0.3, -0.25) is 0 Å². The Hall–Kier alpha value is -0.648. The van der Waals surface area contributed by atoms with Gasteiger partial charge in [0.1, 0.15) is 0 Å². The van der Waals surface area contributed by atoms with Crippen LogP contribution in [0.5, 0.6) is 0 Å². The second-order valence-electron chi connectivity index (χ2n) is 5.59. The predicted octanol–water partition coefficient (Wildman–Crippen LogP) is 2.96. The van der Waals surface area contributed by atoms with E-state index in [0.29, 0.717) is 4.78 Å². The van der Waals surface area contributed by atoms with Crippen molar-refractivity contribution in [3.05, 3.63) is 35.7 Å². The molecule has 1 aliphatic rings. The largest absolute Gasteiger partial charge is 0.384 e. The van der Waals surface area contributed by atoms with Gasteiger partial charge in [0.25, 0.3) is 14.1 Å². The van der Waals surface area contributed by atoms with Gasteiger partial charge < -0.3 is 9.80 Å². The Morgan fingerprint density at radius 2 is 1.71 bits per heavy atom. The summed E-state index contributed by atoms with van der Waals surface area (Å²) in [5.41, 5.74) is 3.06. The molecule has 0 saturated carbocycles. The van der Waals surface area contributed by atoms with E-state index < -0.39 is 14.1 Å². The quantitative estimate of drug-likeness (QED) is 0.709. The topological polar surface area (TPSA) is 6.48 Å². The molecular weight excluding hydrogens is 223 g/mol. The molecule has 0 bridgehead atoms. The molecule has 0 radical (unpaired) electrons. The molecule has 17 heavy (non-hydrogen) atoms. The van der Waals surface area contributed by atoms with E-state index in [1.165, 1.54) is 5.57 Å². The van der Waals surface area contributed by atoms with E-state index in [0.717, 1.165) is 6.42 Å². The van der Waals surface area contributed by atoms with Gasteiger partial charge in [-0.15, -0.1) is 11.6 Å². The monoisotopic (exact) mass is 248 g/mol. The van der Waals surface area contributed by atoms with Crippen molar-refractivity contribution in [2.24, 2.45) is 0 Å². The van der Waals surface area contributed by atoms with Crippen molar-refractivity contribution in [1.82, 2.24) is 9.80 Å². The summed E-state index contributed by atoms with van der Waals surface area (Å²) in [6.45, 7) is 0. The van der Waals surface area contributed by atoms with Crippen molar-refractivity contribution >= 4 is 14.1 Å². The average Bonchev–Trinajstić information content (AvgIpc) is 2.14. The number of allylic oxidation sites excluding steroid dienone is 4. The lowest BCUT2D eigenvalue weighted by Crippen LogP contribution is -2.21. The van der Waals surface area contributed by atoms with Crippen LogP contribution in [0.2, 0.25) is 16.4 Å². The molecule has 0 N–H and O–H groups in total. The Labute approximate surface area is 111 Å². The highest BCUT2D eigenvalue weighted by molar-refractivity contribution is 6.59. The van der Waals surface area contributed by atoms with Gasteiger partial charge in [0, 0.05) is 34.4 Å². The van der Waals surface area contributed by atoms with E-state index in [2.05, 4.69) is 74.1 Å². The van der Waals surface area contributed by atoms with E-state index in [4.69, 9.17) is 0 Å². The summed E-state index contributed by atoms with van der Waals surface area (Å²) >= 11 is -0.727. The molecule has 1 unspecified atom stereocenters. The van der Waals surface area contributed by atoms with Crippen molar-refractivity contribution in [3.8, 4) is 0 Å². The molecule has 1 rings (SSSR count). The Morgan fingerprint density at radius 3 is 2.18 bits per heavy atom. The molecule has 0 amide bonds. The average molecular weight is 248 g/mol. The van der Waals surface area contributed by atoms with Crippen molar-refractivity contribution in [3.63, 3.8) is 0 Å². The van der Waals surface area contributed by atoms with Gasteiger partial charge in [-0.05, 0) is 23.0 Å². The zero-order valence-corrected chi connectivity index (χ0v) is 13.2. The van der Waals surface area contributed by atoms with Gasteiger partial charge in [0.05, 0.1) is 0 Å². The first-order valence-electron chi connectivity index (χ1n) is 6.33. The maximum absolute atomic E-state index is 2.44. The van der Waals surface area contributed by atoms with Crippen LogP contribution < -0.4 is 0 Å². The third-order valence-corrected chi connectivity index (χ3v) is 5.07. The normalized spacial score (nSPS) is 24.2. The maximum Gasteiger partial charge on any atom is 0.271 e. The molecule has 0 spiro atoms. The van der Waals surface area contributed by atoms with E-state index in [1.54, 1.807) is 5.57 Å². The summed E-state index contributed by atoms with van der Waals surface area (Å²) in [7, 11) is 8.42. The summed E-state index contributed by atoms with van der Waals surface area (Å²) < 4.78 is 0.685. The molecule has 0 aliphatic heterocycles. The van der Waals surface area contributed by atoms with E-state index >= 15 is 0 Å². The van der Waals surface area contributed by atoms with Gasteiger partial charge in [0.2, 0.25) is 0 Å². The standard InChI is InChI=1S/C12H19N2.2CH3.Al/c1-13(2)9-11-6-5-7-12(8-11)10-14(3)4;;;/h5-6,8-10H,7H2,1-4H3;2*1H3;/b11-9-,12-10+;;;. The zero-order valence-electron chi connectivity index (χ0n) is 12.1. The van der Waals surface area contributed by atoms with Crippen LogP contribution in [-0.4, -0.2) is 52.1 Å². The fourth-order valence-corrected chi connectivity index (χ4v) is 4.52. The van der Waals surface area contributed by atoms with E-state index in [-0.39, 0.29) is 0 Å². The molecular formula is C14H25AlN2. The molecule has 0 saturated heterocycles. The Balaban J connectivity index is 3.08.